The molecule has 2 aliphatic rings. The number of rotatable bonds is 8. The van der Waals surface area contributed by atoms with Crippen LogP contribution in [0.25, 0.3) is 11.0 Å². The van der Waals surface area contributed by atoms with Crippen LogP contribution in [0.3, 0.4) is 0 Å². The van der Waals surface area contributed by atoms with E-state index < -0.39 is 17.4 Å². The van der Waals surface area contributed by atoms with Crippen molar-refractivity contribution < 1.29 is 19.4 Å². The van der Waals surface area contributed by atoms with Crippen molar-refractivity contribution in [1.29, 1.82) is 5.26 Å². The number of aliphatic imine (C=N–C) groups is 1. The van der Waals surface area contributed by atoms with Gasteiger partial charge < -0.3 is 25.0 Å². The van der Waals surface area contributed by atoms with Crippen molar-refractivity contribution in [1.82, 2.24) is 14.5 Å². The van der Waals surface area contributed by atoms with Gasteiger partial charge in [-0.05, 0) is 76.0 Å². The SMILES string of the molecule is CC(C)(CN(CC1CCCC(Cn2cnc3ccc(C#N)cc32)C1)C(=O)O)C(=O)N=C(N)C1CCOCC1. The number of aromatic nitrogens is 2. The first kappa shape index (κ1) is 27.6. The number of carboxylic acid groups (broad SMARTS) is 1. The first-order valence-electron chi connectivity index (χ1n) is 13.5. The Morgan fingerprint density at radius 2 is 2.00 bits per heavy atom. The molecule has 1 aromatic heterocycles. The number of carbonyl (C=O) groups is 2. The van der Waals surface area contributed by atoms with Crippen molar-refractivity contribution in [3.8, 4) is 6.07 Å². The lowest BCUT2D eigenvalue weighted by Crippen LogP contribution is -2.45. The Morgan fingerprint density at radius 1 is 1.26 bits per heavy atom. The number of benzene rings is 1. The monoisotopic (exact) mass is 522 g/mol. The highest BCUT2D eigenvalue weighted by Gasteiger charge is 2.35. The summed E-state index contributed by atoms with van der Waals surface area (Å²) >= 11 is 0. The average Bonchev–Trinajstić information content (AvgIpc) is 3.30. The molecule has 2 aromatic rings. The van der Waals surface area contributed by atoms with E-state index in [1.54, 1.807) is 19.9 Å². The van der Waals surface area contributed by atoms with Crippen molar-refractivity contribution in [2.24, 2.45) is 33.9 Å². The summed E-state index contributed by atoms with van der Waals surface area (Å²) in [6.07, 6.45) is 6.19. The van der Waals surface area contributed by atoms with E-state index in [-0.39, 0.29) is 18.4 Å². The van der Waals surface area contributed by atoms with Crippen LogP contribution < -0.4 is 5.73 Å². The highest BCUT2D eigenvalue weighted by Crippen LogP contribution is 2.32. The third-order valence-electron chi connectivity index (χ3n) is 7.88. The van der Waals surface area contributed by atoms with E-state index in [1.807, 2.05) is 18.5 Å². The van der Waals surface area contributed by atoms with Crippen LogP contribution >= 0.6 is 0 Å². The van der Waals surface area contributed by atoms with Crippen molar-refractivity contribution in [2.75, 3.05) is 26.3 Å². The molecule has 1 aliphatic heterocycles. The molecular weight excluding hydrogens is 484 g/mol. The maximum Gasteiger partial charge on any atom is 0.407 e. The lowest BCUT2D eigenvalue weighted by Gasteiger charge is -2.35. The Balaban J connectivity index is 1.38. The number of carbonyl (C=O) groups excluding carboxylic acids is 1. The Morgan fingerprint density at radius 3 is 2.71 bits per heavy atom. The average molecular weight is 523 g/mol. The maximum absolute atomic E-state index is 13.0. The molecule has 38 heavy (non-hydrogen) atoms. The number of amidine groups is 1. The van der Waals surface area contributed by atoms with Crippen LogP contribution in [0.5, 0.6) is 0 Å². The Bertz CT molecular complexity index is 1220. The standard InChI is InChI=1S/C28H38N6O4/c1-28(2,26(35)32-25(30)22-8-10-38-11-9-22)17-33(27(36)37)15-20-4-3-5-21(12-20)16-34-18-31-23-7-6-19(14-29)13-24(23)34/h6-7,13,18,20-22H,3-5,8-12,15-17H2,1-2H3,(H,36,37)(H2,30,32,35). The highest BCUT2D eigenvalue weighted by atomic mass is 16.5. The summed E-state index contributed by atoms with van der Waals surface area (Å²) < 4.78 is 7.45. The fourth-order valence-corrected chi connectivity index (χ4v) is 5.70. The molecular formula is C28H38N6O4. The third kappa shape index (κ3) is 6.70. The van der Waals surface area contributed by atoms with Gasteiger partial charge in [0.25, 0.3) is 5.91 Å². The summed E-state index contributed by atoms with van der Waals surface area (Å²) in [5.74, 6) is 0.537. The number of ether oxygens (including phenoxy) is 1. The molecule has 1 aromatic carbocycles. The van der Waals surface area contributed by atoms with Gasteiger partial charge in [-0.3, -0.25) is 4.79 Å². The number of fused-ring (bicyclic) bond motifs is 1. The molecule has 0 radical (unpaired) electrons. The number of nitrogens with two attached hydrogens (primary N) is 1. The number of hydrogen-bond acceptors (Lipinski definition) is 5. The van der Waals surface area contributed by atoms with Crippen LogP contribution in [0.2, 0.25) is 0 Å². The van der Waals surface area contributed by atoms with E-state index >= 15 is 0 Å². The fourth-order valence-electron chi connectivity index (χ4n) is 5.70. The summed E-state index contributed by atoms with van der Waals surface area (Å²) in [5, 5.41) is 19.2. The second kappa shape index (κ2) is 11.9. The smallest absolute Gasteiger partial charge is 0.407 e. The van der Waals surface area contributed by atoms with Gasteiger partial charge in [-0.25, -0.2) is 9.78 Å². The van der Waals surface area contributed by atoms with Crippen molar-refractivity contribution in [3.05, 3.63) is 30.1 Å². The minimum Gasteiger partial charge on any atom is -0.465 e. The minimum absolute atomic E-state index is 0.0253. The van der Waals surface area contributed by atoms with Gasteiger partial charge in [-0.2, -0.15) is 10.3 Å². The van der Waals surface area contributed by atoms with E-state index in [2.05, 4.69) is 20.6 Å². The van der Waals surface area contributed by atoms with E-state index in [9.17, 15) is 20.0 Å². The summed E-state index contributed by atoms with van der Waals surface area (Å²) in [7, 11) is 0. The number of hydrogen-bond donors (Lipinski definition) is 2. The van der Waals surface area contributed by atoms with Crippen LogP contribution in [0.4, 0.5) is 4.79 Å². The van der Waals surface area contributed by atoms with Crippen LogP contribution in [0, 0.1) is 34.5 Å². The molecule has 0 spiro atoms. The van der Waals surface area contributed by atoms with Crippen molar-refractivity contribution in [3.63, 3.8) is 0 Å². The summed E-state index contributed by atoms with van der Waals surface area (Å²) in [6, 6.07) is 7.69. The molecule has 2 atom stereocenters. The Kier molecular flexibility index (Phi) is 8.67. The van der Waals surface area contributed by atoms with Gasteiger partial charge in [0.2, 0.25) is 0 Å². The molecule has 1 aliphatic carbocycles. The Labute approximate surface area is 223 Å². The molecule has 3 N–H and O–H groups in total. The highest BCUT2D eigenvalue weighted by molar-refractivity contribution is 5.97. The maximum atomic E-state index is 13.0. The lowest BCUT2D eigenvalue weighted by atomic mass is 9.80. The lowest BCUT2D eigenvalue weighted by molar-refractivity contribution is -0.126. The minimum atomic E-state index is -1.03. The molecule has 2 amide bonds. The van der Waals surface area contributed by atoms with Gasteiger partial charge in [-0.15, -0.1) is 0 Å². The van der Waals surface area contributed by atoms with E-state index in [1.165, 1.54) is 4.90 Å². The van der Waals surface area contributed by atoms with E-state index in [4.69, 9.17) is 10.5 Å². The summed E-state index contributed by atoms with van der Waals surface area (Å²) in [4.78, 5) is 35.2. The number of imidazole rings is 1. The van der Waals surface area contributed by atoms with Crippen molar-refractivity contribution >= 4 is 28.9 Å². The molecule has 2 unspecified atom stereocenters. The second-order valence-electron chi connectivity index (χ2n) is 11.4. The van der Waals surface area contributed by atoms with E-state index in [0.29, 0.717) is 37.1 Å². The van der Waals surface area contributed by atoms with Gasteiger partial charge in [0.15, 0.2) is 0 Å². The third-order valence-corrected chi connectivity index (χ3v) is 7.88. The van der Waals surface area contributed by atoms with Crippen LogP contribution in [-0.4, -0.2) is 63.7 Å². The van der Waals surface area contributed by atoms with Crippen LogP contribution in [0.15, 0.2) is 29.5 Å². The fraction of sp³-hybridized carbons (Fsp3) is 0.607. The van der Waals surface area contributed by atoms with Gasteiger partial charge in [0.05, 0.1) is 34.4 Å². The zero-order valence-corrected chi connectivity index (χ0v) is 22.3. The Hall–Kier alpha value is -3.45. The second-order valence-corrected chi connectivity index (χ2v) is 11.4. The molecule has 1 saturated heterocycles. The zero-order chi connectivity index (χ0) is 27.3. The molecule has 4 rings (SSSR count). The molecule has 0 bridgehead atoms. The van der Waals surface area contributed by atoms with Gasteiger partial charge in [0, 0.05) is 38.8 Å². The van der Waals surface area contributed by atoms with Gasteiger partial charge in [0.1, 0.15) is 5.84 Å². The number of nitriles is 1. The molecule has 10 nitrogen and oxygen atoms in total. The topological polar surface area (TPSA) is 147 Å². The van der Waals surface area contributed by atoms with Crippen LogP contribution in [-0.2, 0) is 16.1 Å². The van der Waals surface area contributed by atoms with Crippen LogP contribution in [0.1, 0.15) is 57.9 Å². The van der Waals surface area contributed by atoms with Crippen molar-refractivity contribution in [2.45, 2.75) is 58.9 Å². The quantitative estimate of drug-likeness (QED) is 0.393. The van der Waals surface area contributed by atoms with E-state index in [0.717, 1.165) is 56.1 Å². The summed E-state index contributed by atoms with van der Waals surface area (Å²) in [6.45, 7) is 5.89. The first-order chi connectivity index (χ1) is 18.2. The predicted octanol–water partition coefficient (Wildman–Crippen LogP) is 4.03. The van der Waals surface area contributed by atoms with Gasteiger partial charge in [-0.1, -0.05) is 6.42 Å². The largest absolute Gasteiger partial charge is 0.465 e. The zero-order valence-electron chi connectivity index (χ0n) is 22.3. The number of amides is 2. The molecule has 204 valence electrons. The normalized spacial score (nSPS) is 21.2. The molecule has 2 heterocycles. The summed E-state index contributed by atoms with van der Waals surface area (Å²) in [5.41, 5.74) is 7.55. The first-order valence-corrected chi connectivity index (χ1v) is 13.5. The van der Waals surface area contributed by atoms with Gasteiger partial charge >= 0.3 is 6.09 Å². The predicted molar refractivity (Wildman–Crippen MR) is 143 cm³/mol. The number of nitrogens with zero attached hydrogens (tertiary/aromatic N) is 5. The molecule has 2 fully saturated rings. The molecule has 1 saturated carbocycles. The molecule has 10 heteroatoms.